The van der Waals surface area contributed by atoms with Gasteiger partial charge < -0.3 is 15.4 Å². The van der Waals surface area contributed by atoms with Crippen molar-refractivity contribution in [3.05, 3.63) is 29.3 Å². The minimum Gasteiger partial charge on any atom is -0.483 e. The monoisotopic (exact) mass is 236 g/mol. The molecule has 0 bridgehead atoms. The number of carbonyl (C=O) groups excluding carboxylic acids is 1. The van der Waals surface area contributed by atoms with Crippen LogP contribution in [-0.2, 0) is 11.3 Å². The van der Waals surface area contributed by atoms with Gasteiger partial charge in [0, 0.05) is 18.7 Å². The van der Waals surface area contributed by atoms with Gasteiger partial charge in [-0.15, -0.1) is 0 Å². The molecule has 0 heterocycles. The van der Waals surface area contributed by atoms with Gasteiger partial charge >= 0.3 is 0 Å². The molecule has 1 amide bonds. The van der Waals surface area contributed by atoms with E-state index in [0.29, 0.717) is 6.54 Å². The standard InChI is InChI=1S/C13H20N2O2/c1-4-15-12(16)9-17-13-10(2)6-5-7-11(13)8-14-3/h5-7,14H,4,8-9H2,1-3H3,(H,15,16). The maximum absolute atomic E-state index is 11.3. The highest BCUT2D eigenvalue weighted by molar-refractivity contribution is 5.77. The van der Waals surface area contributed by atoms with Gasteiger partial charge in [0.05, 0.1) is 0 Å². The Morgan fingerprint density at radius 2 is 2.18 bits per heavy atom. The normalized spacial score (nSPS) is 10.1. The summed E-state index contributed by atoms with van der Waals surface area (Å²) in [6, 6.07) is 5.96. The summed E-state index contributed by atoms with van der Waals surface area (Å²) in [4.78, 5) is 11.3. The van der Waals surface area contributed by atoms with Gasteiger partial charge in [0.1, 0.15) is 5.75 Å². The van der Waals surface area contributed by atoms with Crippen molar-refractivity contribution in [1.82, 2.24) is 10.6 Å². The summed E-state index contributed by atoms with van der Waals surface area (Å²) in [5.41, 5.74) is 2.11. The fourth-order valence-electron chi connectivity index (χ4n) is 1.64. The van der Waals surface area contributed by atoms with E-state index in [1.807, 2.05) is 39.1 Å². The zero-order valence-electron chi connectivity index (χ0n) is 10.7. The molecule has 17 heavy (non-hydrogen) atoms. The molecule has 0 aliphatic heterocycles. The van der Waals surface area contributed by atoms with Crippen molar-refractivity contribution in [2.45, 2.75) is 20.4 Å². The second-order valence-corrected chi connectivity index (χ2v) is 3.84. The number of aryl methyl sites for hydroxylation is 1. The van der Waals surface area contributed by atoms with Gasteiger partial charge in [-0.05, 0) is 26.5 Å². The molecule has 0 aliphatic carbocycles. The summed E-state index contributed by atoms with van der Waals surface area (Å²) in [5, 5.41) is 5.79. The molecular formula is C13H20N2O2. The fraction of sp³-hybridized carbons (Fsp3) is 0.462. The first-order valence-corrected chi connectivity index (χ1v) is 5.81. The summed E-state index contributed by atoms with van der Waals surface area (Å²) >= 11 is 0. The summed E-state index contributed by atoms with van der Waals surface area (Å²) in [6.07, 6.45) is 0. The van der Waals surface area contributed by atoms with Gasteiger partial charge in [-0.2, -0.15) is 0 Å². The quantitative estimate of drug-likeness (QED) is 0.781. The molecule has 1 aromatic rings. The van der Waals surface area contributed by atoms with E-state index in [4.69, 9.17) is 4.74 Å². The molecule has 94 valence electrons. The summed E-state index contributed by atoms with van der Waals surface area (Å²) in [5.74, 6) is 0.708. The van der Waals surface area contributed by atoms with Crippen molar-refractivity contribution >= 4 is 5.91 Å². The molecule has 1 rings (SSSR count). The smallest absolute Gasteiger partial charge is 0.257 e. The van der Waals surface area contributed by atoms with E-state index in [1.54, 1.807) is 0 Å². The largest absolute Gasteiger partial charge is 0.483 e. The third-order valence-corrected chi connectivity index (χ3v) is 2.38. The number of amides is 1. The Balaban J connectivity index is 2.71. The van der Waals surface area contributed by atoms with Gasteiger partial charge in [0.2, 0.25) is 0 Å². The molecule has 0 fully saturated rings. The number of ether oxygens (including phenoxy) is 1. The number of nitrogens with one attached hydrogen (secondary N) is 2. The third kappa shape index (κ3) is 4.07. The number of benzene rings is 1. The molecule has 2 N–H and O–H groups in total. The van der Waals surface area contributed by atoms with Gasteiger partial charge in [-0.25, -0.2) is 0 Å². The fourth-order valence-corrected chi connectivity index (χ4v) is 1.64. The lowest BCUT2D eigenvalue weighted by Crippen LogP contribution is -2.28. The molecule has 4 heteroatoms. The Labute approximate surface area is 102 Å². The minimum absolute atomic E-state index is 0.0649. The number of rotatable bonds is 6. The van der Waals surface area contributed by atoms with Crippen LogP contribution in [-0.4, -0.2) is 26.1 Å². The second-order valence-electron chi connectivity index (χ2n) is 3.84. The summed E-state index contributed by atoms with van der Waals surface area (Å²) < 4.78 is 5.58. The van der Waals surface area contributed by atoms with Crippen LogP contribution in [0, 0.1) is 6.92 Å². The van der Waals surface area contributed by atoms with Crippen LogP contribution in [0.25, 0.3) is 0 Å². The maximum atomic E-state index is 11.3. The number of para-hydroxylation sites is 1. The van der Waals surface area contributed by atoms with Gasteiger partial charge in [-0.1, -0.05) is 18.2 Å². The van der Waals surface area contributed by atoms with E-state index in [9.17, 15) is 4.79 Å². The molecule has 0 spiro atoms. The average Bonchev–Trinajstić information content (AvgIpc) is 2.29. The molecule has 0 aromatic heterocycles. The summed E-state index contributed by atoms with van der Waals surface area (Å²) in [7, 11) is 1.88. The minimum atomic E-state index is -0.0915. The van der Waals surface area contributed by atoms with E-state index in [2.05, 4.69) is 10.6 Å². The first kappa shape index (κ1) is 13.5. The zero-order valence-corrected chi connectivity index (χ0v) is 10.7. The number of carbonyl (C=O) groups is 1. The molecule has 0 aliphatic rings. The van der Waals surface area contributed by atoms with Crippen LogP contribution < -0.4 is 15.4 Å². The SMILES string of the molecule is CCNC(=O)COc1c(C)cccc1CNC. The van der Waals surface area contributed by atoms with Crippen LogP contribution in [0.4, 0.5) is 0 Å². The van der Waals surface area contributed by atoms with Crippen molar-refractivity contribution in [2.24, 2.45) is 0 Å². The van der Waals surface area contributed by atoms with Crippen LogP contribution in [0.5, 0.6) is 5.75 Å². The van der Waals surface area contributed by atoms with E-state index in [0.717, 1.165) is 23.4 Å². The van der Waals surface area contributed by atoms with Crippen LogP contribution in [0.3, 0.4) is 0 Å². The van der Waals surface area contributed by atoms with Crippen LogP contribution >= 0.6 is 0 Å². The predicted octanol–water partition coefficient (Wildman–Crippen LogP) is 1.23. The highest BCUT2D eigenvalue weighted by Crippen LogP contribution is 2.23. The Bertz CT molecular complexity index is 378. The molecular weight excluding hydrogens is 216 g/mol. The molecule has 0 atom stereocenters. The number of hydrogen-bond acceptors (Lipinski definition) is 3. The van der Waals surface area contributed by atoms with Crippen molar-refractivity contribution in [2.75, 3.05) is 20.2 Å². The topological polar surface area (TPSA) is 50.4 Å². The van der Waals surface area contributed by atoms with Crippen LogP contribution in [0.2, 0.25) is 0 Å². The molecule has 0 saturated carbocycles. The van der Waals surface area contributed by atoms with Gasteiger partial charge in [0.25, 0.3) is 5.91 Å². The molecule has 0 radical (unpaired) electrons. The highest BCUT2D eigenvalue weighted by Gasteiger charge is 2.08. The van der Waals surface area contributed by atoms with Crippen molar-refractivity contribution < 1.29 is 9.53 Å². The van der Waals surface area contributed by atoms with Crippen molar-refractivity contribution in [3.8, 4) is 5.75 Å². The molecule has 4 nitrogen and oxygen atoms in total. The Morgan fingerprint density at radius 3 is 2.82 bits per heavy atom. The lowest BCUT2D eigenvalue weighted by atomic mass is 10.1. The highest BCUT2D eigenvalue weighted by atomic mass is 16.5. The van der Waals surface area contributed by atoms with Gasteiger partial charge in [0.15, 0.2) is 6.61 Å². The average molecular weight is 236 g/mol. The molecule has 0 unspecified atom stereocenters. The Hall–Kier alpha value is -1.55. The first-order valence-electron chi connectivity index (χ1n) is 5.81. The Kier molecular flexibility index (Phi) is 5.49. The molecule has 0 saturated heterocycles. The van der Waals surface area contributed by atoms with E-state index >= 15 is 0 Å². The van der Waals surface area contributed by atoms with Gasteiger partial charge in [-0.3, -0.25) is 4.79 Å². The second kappa shape index (κ2) is 6.91. The van der Waals surface area contributed by atoms with E-state index in [1.165, 1.54) is 0 Å². The molecule has 1 aromatic carbocycles. The van der Waals surface area contributed by atoms with Crippen molar-refractivity contribution in [1.29, 1.82) is 0 Å². The lowest BCUT2D eigenvalue weighted by molar-refractivity contribution is -0.123. The Morgan fingerprint density at radius 1 is 1.41 bits per heavy atom. The van der Waals surface area contributed by atoms with Crippen LogP contribution in [0.1, 0.15) is 18.1 Å². The zero-order chi connectivity index (χ0) is 12.7. The predicted molar refractivity (Wildman–Crippen MR) is 68.1 cm³/mol. The first-order chi connectivity index (χ1) is 8.19. The van der Waals surface area contributed by atoms with Crippen molar-refractivity contribution in [3.63, 3.8) is 0 Å². The lowest BCUT2D eigenvalue weighted by Gasteiger charge is -2.13. The number of likely N-dealkylation sites (N-methyl/N-ethyl adjacent to an activating group) is 1. The third-order valence-electron chi connectivity index (χ3n) is 2.38. The number of hydrogen-bond donors (Lipinski definition) is 2. The van der Waals surface area contributed by atoms with E-state index in [-0.39, 0.29) is 12.5 Å². The van der Waals surface area contributed by atoms with E-state index < -0.39 is 0 Å². The summed E-state index contributed by atoms with van der Waals surface area (Å²) in [6.45, 7) is 5.28. The maximum Gasteiger partial charge on any atom is 0.257 e. The van der Waals surface area contributed by atoms with Crippen LogP contribution in [0.15, 0.2) is 18.2 Å².